The maximum absolute atomic E-state index is 10.1. The van der Waals surface area contributed by atoms with E-state index in [1.807, 2.05) is 0 Å². The van der Waals surface area contributed by atoms with Crippen LogP contribution in [0, 0.1) is 11.8 Å². The van der Waals surface area contributed by atoms with E-state index in [1.165, 1.54) is 0 Å². The molecule has 9 heavy (non-hydrogen) atoms. The average Bonchev–Trinajstić information content (AvgIpc) is 2.47. The van der Waals surface area contributed by atoms with E-state index in [4.69, 9.17) is 5.11 Å². The van der Waals surface area contributed by atoms with Crippen molar-refractivity contribution in [1.82, 2.24) is 0 Å². The highest BCUT2D eigenvalue weighted by atomic mass is 16.4. The van der Waals surface area contributed by atoms with Gasteiger partial charge in [-0.05, 0) is 12.3 Å². The quantitative estimate of drug-likeness (QED) is 0.556. The number of carbonyl (C=O) groups excluding carboxylic acids is 1. The molecule has 0 amide bonds. The second-order valence-corrected chi connectivity index (χ2v) is 2.34. The van der Waals surface area contributed by atoms with Crippen molar-refractivity contribution in [3.05, 3.63) is 0 Å². The number of rotatable bonds is 3. The number of carboxylic acids is 1. The van der Waals surface area contributed by atoms with Crippen molar-refractivity contribution < 1.29 is 14.7 Å². The molecule has 0 aromatic carbocycles. The summed E-state index contributed by atoms with van der Waals surface area (Å²) in [5, 5.41) is 8.33. The fraction of sp³-hybridized carbons (Fsp3) is 0.667. The third-order valence-electron chi connectivity index (χ3n) is 1.64. The topological polar surface area (TPSA) is 54.4 Å². The Hall–Kier alpha value is -0.860. The van der Waals surface area contributed by atoms with E-state index in [9.17, 15) is 9.59 Å². The van der Waals surface area contributed by atoms with Crippen LogP contribution in [0.3, 0.4) is 0 Å². The van der Waals surface area contributed by atoms with Gasteiger partial charge in [-0.25, -0.2) is 0 Å². The zero-order valence-corrected chi connectivity index (χ0v) is 4.91. The van der Waals surface area contributed by atoms with Gasteiger partial charge in [0.1, 0.15) is 6.29 Å². The molecule has 0 aliphatic heterocycles. The van der Waals surface area contributed by atoms with Crippen LogP contribution in [0.5, 0.6) is 0 Å². The molecule has 0 aromatic heterocycles. The zero-order valence-electron chi connectivity index (χ0n) is 4.91. The van der Waals surface area contributed by atoms with Gasteiger partial charge in [-0.1, -0.05) is 0 Å². The first-order valence-corrected chi connectivity index (χ1v) is 2.92. The molecule has 1 aliphatic rings. The van der Waals surface area contributed by atoms with Gasteiger partial charge in [0.2, 0.25) is 0 Å². The van der Waals surface area contributed by atoms with E-state index in [0.717, 1.165) is 6.29 Å². The predicted octanol–water partition coefficient (Wildman–Crippen LogP) is 0.296. The number of aliphatic carboxylic acids is 1. The summed E-state index contributed by atoms with van der Waals surface area (Å²) in [5.41, 5.74) is 0. The van der Waals surface area contributed by atoms with Crippen LogP contribution >= 0.6 is 0 Å². The summed E-state index contributed by atoms with van der Waals surface area (Å²) in [6, 6.07) is 0. The van der Waals surface area contributed by atoms with Gasteiger partial charge in [0.25, 0.3) is 0 Å². The van der Waals surface area contributed by atoms with Crippen molar-refractivity contribution in [2.24, 2.45) is 11.8 Å². The lowest BCUT2D eigenvalue weighted by molar-refractivity contribution is -0.138. The minimum absolute atomic E-state index is 0.139. The van der Waals surface area contributed by atoms with Gasteiger partial charge in [0.15, 0.2) is 0 Å². The van der Waals surface area contributed by atoms with Gasteiger partial charge >= 0.3 is 5.97 Å². The highest BCUT2D eigenvalue weighted by Crippen LogP contribution is 2.40. The number of hydrogen-bond donors (Lipinski definition) is 1. The highest BCUT2D eigenvalue weighted by Gasteiger charge is 2.42. The van der Waals surface area contributed by atoms with E-state index in [1.54, 1.807) is 0 Å². The summed E-state index contributed by atoms with van der Waals surface area (Å²) in [7, 11) is 0. The Balaban J connectivity index is 2.24. The molecule has 1 aliphatic carbocycles. The van der Waals surface area contributed by atoms with Crippen molar-refractivity contribution in [3.63, 3.8) is 0 Å². The molecule has 0 bridgehead atoms. The van der Waals surface area contributed by atoms with E-state index in [2.05, 4.69) is 0 Å². The summed E-state index contributed by atoms with van der Waals surface area (Å²) >= 11 is 0. The summed E-state index contributed by atoms with van der Waals surface area (Å²) in [4.78, 5) is 20.0. The molecule has 1 saturated carbocycles. The zero-order chi connectivity index (χ0) is 6.85. The molecular formula is C6H8O3. The van der Waals surface area contributed by atoms with Crippen molar-refractivity contribution >= 4 is 12.3 Å². The normalized spacial score (nSPS) is 31.6. The third-order valence-corrected chi connectivity index (χ3v) is 1.64. The SMILES string of the molecule is O=CC[C@H]1C[C@@H]1C(=O)O. The summed E-state index contributed by atoms with van der Waals surface area (Å²) in [5.74, 6) is -0.850. The van der Waals surface area contributed by atoms with Crippen LogP contribution < -0.4 is 0 Å². The van der Waals surface area contributed by atoms with Crippen LogP contribution in [-0.4, -0.2) is 17.4 Å². The predicted molar refractivity (Wildman–Crippen MR) is 29.9 cm³/mol. The molecule has 2 atom stereocenters. The Labute approximate surface area is 52.7 Å². The molecule has 0 radical (unpaired) electrons. The number of aldehydes is 1. The first-order chi connectivity index (χ1) is 4.25. The summed E-state index contributed by atoms with van der Waals surface area (Å²) in [6.45, 7) is 0. The van der Waals surface area contributed by atoms with Gasteiger partial charge in [0, 0.05) is 6.42 Å². The molecule has 1 fully saturated rings. The third kappa shape index (κ3) is 1.28. The summed E-state index contributed by atoms with van der Waals surface area (Å²) in [6.07, 6.45) is 1.89. The largest absolute Gasteiger partial charge is 0.481 e. The van der Waals surface area contributed by atoms with Gasteiger partial charge in [-0.3, -0.25) is 4.79 Å². The van der Waals surface area contributed by atoms with E-state index in [-0.39, 0.29) is 11.8 Å². The minimum Gasteiger partial charge on any atom is -0.481 e. The van der Waals surface area contributed by atoms with E-state index < -0.39 is 5.97 Å². The van der Waals surface area contributed by atoms with E-state index in [0.29, 0.717) is 12.8 Å². The lowest BCUT2D eigenvalue weighted by Crippen LogP contribution is -1.99. The standard InChI is InChI=1S/C6H8O3/c7-2-1-4-3-5(4)6(8)9/h2,4-5H,1,3H2,(H,8,9)/t4-,5-/m0/s1. The van der Waals surface area contributed by atoms with E-state index >= 15 is 0 Å². The maximum Gasteiger partial charge on any atom is 0.306 e. The molecule has 0 heterocycles. The van der Waals surface area contributed by atoms with Crippen LogP contribution in [-0.2, 0) is 9.59 Å². The molecule has 3 nitrogen and oxygen atoms in total. The molecule has 1 N–H and O–H groups in total. The molecule has 0 unspecified atom stereocenters. The fourth-order valence-electron chi connectivity index (χ4n) is 0.934. The van der Waals surface area contributed by atoms with Crippen molar-refractivity contribution in [1.29, 1.82) is 0 Å². The molecule has 50 valence electrons. The highest BCUT2D eigenvalue weighted by molar-refractivity contribution is 5.74. The Morgan fingerprint density at radius 3 is 2.78 bits per heavy atom. The van der Waals surface area contributed by atoms with Crippen LogP contribution in [0.25, 0.3) is 0 Å². The monoisotopic (exact) mass is 128 g/mol. The first kappa shape index (κ1) is 6.26. The average molecular weight is 128 g/mol. The lowest BCUT2D eigenvalue weighted by Gasteiger charge is -1.84. The Morgan fingerprint density at radius 2 is 2.44 bits per heavy atom. The van der Waals surface area contributed by atoms with Crippen LogP contribution in [0.2, 0.25) is 0 Å². The van der Waals surface area contributed by atoms with Crippen LogP contribution in [0.4, 0.5) is 0 Å². The Bertz CT molecular complexity index is 141. The summed E-state index contributed by atoms with van der Waals surface area (Å²) < 4.78 is 0. The molecule has 1 rings (SSSR count). The Kier molecular flexibility index (Phi) is 1.51. The van der Waals surface area contributed by atoms with Crippen molar-refractivity contribution in [3.8, 4) is 0 Å². The minimum atomic E-state index is -0.762. The molecular weight excluding hydrogens is 120 g/mol. The first-order valence-electron chi connectivity index (χ1n) is 2.92. The second kappa shape index (κ2) is 2.17. The second-order valence-electron chi connectivity index (χ2n) is 2.34. The Morgan fingerprint density at radius 1 is 1.78 bits per heavy atom. The molecule has 3 heteroatoms. The number of carbonyl (C=O) groups is 2. The molecule has 0 spiro atoms. The molecule has 0 saturated heterocycles. The maximum atomic E-state index is 10.1. The lowest BCUT2D eigenvalue weighted by atomic mass is 10.2. The number of carboxylic acid groups (broad SMARTS) is 1. The van der Waals surface area contributed by atoms with Crippen molar-refractivity contribution in [2.75, 3.05) is 0 Å². The van der Waals surface area contributed by atoms with Crippen LogP contribution in [0.1, 0.15) is 12.8 Å². The van der Waals surface area contributed by atoms with Gasteiger partial charge in [0.05, 0.1) is 5.92 Å². The van der Waals surface area contributed by atoms with Gasteiger partial charge in [-0.15, -0.1) is 0 Å². The smallest absolute Gasteiger partial charge is 0.306 e. The fourth-order valence-corrected chi connectivity index (χ4v) is 0.934. The van der Waals surface area contributed by atoms with Crippen molar-refractivity contribution in [2.45, 2.75) is 12.8 Å². The van der Waals surface area contributed by atoms with Crippen LogP contribution in [0.15, 0.2) is 0 Å². The van der Waals surface area contributed by atoms with Gasteiger partial charge in [-0.2, -0.15) is 0 Å². The molecule has 0 aromatic rings. The van der Waals surface area contributed by atoms with Gasteiger partial charge < -0.3 is 9.90 Å². The number of hydrogen-bond acceptors (Lipinski definition) is 2.